The molecule has 0 spiro atoms. The molecular formula is C10H10ClN5OS. The van der Waals surface area contributed by atoms with Gasteiger partial charge in [-0.15, -0.1) is 16.9 Å². The van der Waals surface area contributed by atoms with E-state index in [1.165, 1.54) is 0 Å². The Labute approximate surface area is 112 Å². The predicted octanol–water partition coefficient (Wildman–Crippen LogP) is 2.22. The van der Waals surface area contributed by atoms with Crippen molar-refractivity contribution in [1.82, 2.24) is 20.6 Å². The summed E-state index contributed by atoms with van der Waals surface area (Å²) >= 11 is 7.46. The number of nitrogens with one attached hydrogen (secondary N) is 2. The third kappa shape index (κ3) is 2.99. The van der Waals surface area contributed by atoms with Crippen LogP contribution in [0.5, 0.6) is 0 Å². The van der Waals surface area contributed by atoms with Gasteiger partial charge in [-0.2, -0.15) is 5.21 Å². The third-order valence-electron chi connectivity index (χ3n) is 2.06. The first kappa shape index (κ1) is 12.8. The number of halogens is 1. The Morgan fingerprint density at radius 1 is 1.56 bits per heavy atom. The quantitative estimate of drug-likeness (QED) is 0.841. The standard InChI is InChI=1S/C10H10ClN5OS/c1-2-18-8-5-6(11)3-4-7(8)9(17)12-10-13-15-16-14-10/h3-5H,2H2,1H3,(H2,12,13,14,15,16,17). The van der Waals surface area contributed by atoms with Gasteiger partial charge < -0.3 is 0 Å². The number of hydrogen-bond donors (Lipinski definition) is 2. The van der Waals surface area contributed by atoms with Crippen molar-refractivity contribution in [2.24, 2.45) is 0 Å². The monoisotopic (exact) mass is 283 g/mol. The van der Waals surface area contributed by atoms with E-state index in [-0.39, 0.29) is 11.9 Å². The second-order valence-corrected chi connectivity index (χ2v) is 5.01. The molecular weight excluding hydrogens is 274 g/mol. The van der Waals surface area contributed by atoms with E-state index >= 15 is 0 Å². The van der Waals surface area contributed by atoms with E-state index in [0.29, 0.717) is 10.6 Å². The van der Waals surface area contributed by atoms with Gasteiger partial charge in [-0.25, -0.2) is 0 Å². The number of aromatic amines is 1. The van der Waals surface area contributed by atoms with Crippen LogP contribution in [0.3, 0.4) is 0 Å². The second-order valence-electron chi connectivity index (χ2n) is 3.26. The number of hydrogen-bond acceptors (Lipinski definition) is 5. The van der Waals surface area contributed by atoms with E-state index in [1.807, 2.05) is 6.92 Å². The molecule has 1 amide bonds. The van der Waals surface area contributed by atoms with Crippen LogP contribution < -0.4 is 5.32 Å². The number of carbonyl (C=O) groups is 1. The molecule has 1 aromatic heterocycles. The van der Waals surface area contributed by atoms with Crippen molar-refractivity contribution in [2.45, 2.75) is 11.8 Å². The zero-order valence-corrected chi connectivity index (χ0v) is 11.0. The van der Waals surface area contributed by atoms with Crippen molar-refractivity contribution in [3.8, 4) is 0 Å². The Kier molecular flexibility index (Phi) is 4.16. The zero-order valence-electron chi connectivity index (χ0n) is 9.48. The molecule has 0 aliphatic carbocycles. The highest BCUT2D eigenvalue weighted by atomic mass is 35.5. The number of anilines is 1. The first-order valence-corrected chi connectivity index (χ1v) is 6.54. The number of tetrazole rings is 1. The van der Waals surface area contributed by atoms with Gasteiger partial charge in [-0.3, -0.25) is 10.1 Å². The summed E-state index contributed by atoms with van der Waals surface area (Å²) in [6.07, 6.45) is 0. The highest BCUT2D eigenvalue weighted by Crippen LogP contribution is 2.26. The lowest BCUT2D eigenvalue weighted by molar-refractivity contribution is 0.102. The van der Waals surface area contributed by atoms with E-state index in [2.05, 4.69) is 25.9 Å². The van der Waals surface area contributed by atoms with Crippen LogP contribution in [-0.2, 0) is 0 Å². The molecule has 94 valence electrons. The smallest absolute Gasteiger partial charge is 0.270 e. The molecule has 0 unspecified atom stereocenters. The van der Waals surface area contributed by atoms with Gasteiger partial charge in [0.1, 0.15) is 0 Å². The molecule has 2 rings (SSSR count). The average molecular weight is 284 g/mol. The molecule has 18 heavy (non-hydrogen) atoms. The van der Waals surface area contributed by atoms with Crippen molar-refractivity contribution in [1.29, 1.82) is 0 Å². The first-order chi connectivity index (χ1) is 8.70. The Balaban J connectivity index is 2.23. The summed E-state index contributed by atoms with van der Waals surface area (Å²) in [5.41, 5.74) is 0.538. The van der Waals surface area contributed by atoms with Crippen LogP contribution in [0.2, 0.25) is 5.02 Å². The number of amides is 1. The molecule has 2 aromatic rings. The van der Waals surface area contributed by atoms with Gasteiger partial charge in [0, 0.05) is 9.92 Å². The average Bonchev–Trinajstić information content (AvgIpc) is 2.82. The molecule has 0 saturated heterocycles. The molecule has 2 N–H and O–H groups in total. The summed E-state index contributed by atoms with van der Waals surface area (Å²) in [5, 5.41) is 16.1. The summed E-state index contributed by atoms with van der Waals surface area (Å²) in [6.45, 7) is 2.01. The lowest BCUT2D eigenvalue weighted by Gasteiger charge is -2.07. The molecule has 0 aliphatic rings. The van der Waals surface area contributed by atoms with Crippen LogP contribution in [0.25, 0.3) is 0 Å². The van der Waals surface area contributed by atoms with E-state index in [9.17, 15) is 4.79 Å². The minimum atomic E-state index is -0.288. The Morgan fingerprint density at radius 2 is 2.39 bits per heavy atom. The molecule has 8 heteroatoms. The first-order valence-electron chi connectivity index (χ1n) is 5.18. The summed E-state index contributed by atoms with van der Waals surface area (Å²) < 4.78 is 0. The van der Waals surface area contributed by atoms with E-state index in [1.54, 1.807) is 30.0 Å². The number of benzene rings is 1. The number of carbonyl (C=O) groups excluding carboxylic acids is 1. The van der Waals surface area contributed by atoms with Crippen molar-refractivity contribution >= 4 is 35.2 Å². The molecule has 6 nitrogen and oxygen atoms in total. The van der Waals surface area contributed by atoms with Gasteiger partial charge in [0.15, 0.2) is 0 Å². The summed E-state index contributed by atoms with van der Waals surface area (Å²) in [7, 11) is 0. The van der Waals surface area contributed by atoms with Crippen LogP contribution in [0.15, 0.2) is 23.1 Å². The minimum Gasteiger partial charge on any atom is -0.288 e. The lowest BCUT2D eigenvalue weighted by atomic mass is 10.2. The van der Waals surface area contributed by atoms with Gasteiger partial charge in [0.2, 0.25) is 0 Å². The predicted molar refractivity (Wildman–Crippen MR) is 70.0 cm³/mol. The van der Waals surface area contributed by atoms with Gasteiger partial charge in [0.05, 0.1) is 5.56 Å². The van der Waals surface area contributed by atoms with Crippen LogP contribution in [0, 0.1) is 0 Å². The normalized spacial score (nSPS) is 10.3. The Hall–Kier alpha value is -1.60. The van der Waals surface area contributed by atoms with Gasteiger partial charge in [0.25, 0.3) is 11.9 Å². The molecule has 0 radical (unpaired) electrons. The molecule has 1 aromatic carbocycles. The summed E-state index contributed by atoms with van der Waals surface area (Å²) in [4.78, 5) is 12.9. The lowest BCUT2D eigenvalue weighted by Crippen LogP contribution is -2.14. The Bertz CT molecular complexity index is 545. The fourth-order valence-electron chi connectivity index (χ4n) is 1.34. The topological polar surface area (TPSA) is 83.6 Å². The van der Waals surface area contributed by atoms with E-state index in [4.69, 9.17) is 11.6 Å². The van der Waals surface area contributed by atoms with Crippen LogP contribution in [0.4, 0.5) is 5.95 Å². The SMILES string of the molecule is CCSc1cc(Cl)ccc1C(=O)Nc1nn[nH]n1. The number of nitrogens with zero attached hydrogens (tertiary/aromatic N) is 3. The number of thioether (sulfide) groups is 1. The summed E-state index contributed by atoms with van der Waals surface area (Å²) in [6, 6.07) is 5.11. The van der Waals surface area contributed by atoms with Gasteiger partial charge in [-0.05, 0) is 29.2 Å². The van der Waals surface area contributed by atoms with Crippen LogP contribution in [-0.4, -0.2) is 32.3 Å². The highest BCUT2D eigenvalue weighted by Gasteiger charge is 2.13. The van der Waals surface area contributed by atoms with Crippen molar-refractivity contribution in [2.75, 3.05) is 11.1 Å². The second kappa shape index (κ2) is 5.83. The molecule has 1 heterocycles. The van der Waals surface area contributed by atoms with Crippen LogP contribution >= 0.6 is 23.4 Å². The van der Waals surface area contributed by atoms with Gasteiger partial charge in [-0.1, -0.05) is 23.6 Å². The molecule has 0 fully saturated rings. The largest absolute Gasteiger partial charge is 0.288 e. The van der Waals surface area contributed by atoms with Crippen LogP contribution in [0.1, 0.15) is 17.3 Å². The third-order valence-corrected chi connectivity index (χ3v) is 3.23. The maximum atomic E-state index is 12.0. The van der Waals surface area contributed by atoms with E-state index < -0.39 is 0 Å². The maximum absolute atomic E-state index is 12.0. The minimum absolute atomic E-state index is 0.141. The van der Waals surface area contributed by atoms with E-state index in [0.717, 1.165) is 10.6 Å². The van der Waals surface area contributed by atoms with Crippen molar-refractivity contribution in [3.63, 3.8) is 0 Å². The molecule has 0 saturated carbocycles. The van der Waals surface area contributed by atoms with Crippen molar-refractivity contribution in [3.05, 3.63) is 28.8 Å². The Morgan fingerprint density at radius 3 is 3.06 bits per heavy atom. The number of aromatic nitrogens is 4. The summed E-state index contributed by atoms with van der Waals surface area (Å²) in [5.74, 6) is 0.703. The van der Waals surface area contributed by atoms with Crippen molar-refractivity contribution < 1.29 is 4.79 Å². The number of rotatable bonds is 4. The fraction of sp³-hybridized carbons (Fsp3) is 0.200. The molecule has 0 atom stereocenters. The zero-order chi connectivity index (χ0) is 13.0. The van der Waals surface area contributed by atoms with Gasteiger partial charge >= 0.3 is 0 Å². The molecule has 0 bridgehead atoms. The molecule has 0 aliphatic heterocycles. The number of H-pyrrole nitrogens is 1. The fourth-order valence-corrected chi connectivity index (χ4v) is 2.42. The highest BCUT2D eigenvalue weighted by molar-refractivity contribution is 7.99. The maximum Gasteiger partial charge on any atom is 0.270 e.